The van der Waals surface area contributed by atoms with Gasteiger partial charge in [-0.3, -0.25) is 4.79 Å². The topological polar surface area (TPSA) is 23.6 Å². The van der Waals surface area contributed by atoms with Gasteiger partial charge in [-0.1, -0.05) is 55.0 Å². The van der Waals surface area contributed by atoms with Crippen molar-refractivity contribution >= 4 is 11.6 Å². The summed E-state index contributed by atoms with van der Waals surface area (Å²) in [6.07, 6.45) is 6.73. The number of carbonyl (C=O) groups is 1. The first-order valence-electron chi connectivity index (χ1n) is 10.9. The van der Waals surface area contributed by atoms with E-state index in [0.29, 0.717) is 11.8 Å². The minimum atomic E-state index is 0.226. The van der Waals surface area contributed by atoms with Crippen molar-refractivity contribution in [2.45, 2.75) is 43.9 Å². The van der Waals surface area contributed by atoms with Gasteiger partial charge < -0.3 is 9.80 Å². The molecule has 0 radical (unpaired) electrons. The van der Waals surface area contributed by atoms with Gasteiger partial charge in [0, 0.05) is 43.2 Å². The van der Waals surface area contributed by atoms with Gasteiger partial charge >= 0.3 is 0 Å². The lowest BCUT2D eigenvalue weighted by Crippen LogP contribution is -2.49. The maximum atomic E-state index is 12.7. The molecule has 0 atom stereocenters. The van der Waals surface area contributed by atoms with Crippen LogP contribution >= 0.6 is 0 Å². The summed E-state index contributed by atoms with van der Waals surface area (Å²) in [5, 5.41) is 0. The maximum absolute atomic E-state index is 12.7. The van der Waals surface area contributed by atoms with Crippen LogP contribution in [0.3, 0.4) is 0 Å². The van der Waals surface area contributed by atoms with E-state index in [4.69, 9.17) is 0 Å². The number of fused-ring (bicyclic) bond motifs is 2. The average molecular weight is 375 g/mol. The van der Waals surface area contributed by atoms with Crippen LogP contribution in [-0.4, -0.2) is 37.0 Å². The van der Waals surface area contributed by atoms with Crippen molar-refractivity contribution in [3.05, 3.63) is 65.7 Å². The van der Waals surface area contributed by atoms with Crippen LogP contribution in [0.15, 0.2) is 54.6 Å². The number of amides is 1. The molecule has 1 aliphatic carbocycles. The van der Waals surface area contributed by atoms with E-state index in [-0.39, 0.29) is 5.41 Å². The molecule has 1 saturated carbocycles. The lowest BCUT2D eigenvalue weighted by Gasteiger charge is -2.42. The Morgan fingerprint density at radius 1 is 0.964 bits per heavy atom. The highest BCUT2D eigenvalue weighted by atomic mass is 16.2. The second-order valence-electron chi connectivity index (χ2n) is 8.91. The van der Waals surface area contributed by atoms with E-state index in [0.717, 1.165) is 58.3 Å². The number of hydrogen-bond acceptors (Lipinski definition) is 2. The van der Waals surface area contributed by atoms with Gasteiger partial charge in [0.05, 0.1) is 0 Å². The molecule has 146 valence electrons. The Hall–Kier alpha value is -2.29. The van der Waals surface area contributed by atoms with Gasteiger partial charge in [0.15, 0.2) is 0 Å². The Kier molecular flexibility index (Phi) is 4.62. The van der Waals surface area contributed by atoms with Crippen LogP contribution < -0.4 is 4.90 Å². The monoisotopic (exact) mass is 374 g/mol. The van der Waals surface area contributed by atoms with E-state index in [1.165, 1.54) is 23.2 Å². The molecule has 2 aliphatic heterocycles. The smallest absolute Gasteiger partial charge is 0.225 e. The third kappa shape index (κ3) is 3.11. The van der Waals surface area contributed by atoms with E-state index in [2.05, 4.69) is 64.4 Å². The molecule has 2 aromatic rings. The molecule has 5 rings (SSSR count). The highest BCUT2D eigenvalue weighted by Gasteiger charge is 2.45. The lowest BCUT2D eigenvalue weighted by atomic mass is 9.73. The Morgan fingerprint density at radius 3 is 2.39 bits per heavy atom. The quantitative estimate of drug-likeness (QED) is 0.791. The summed E-state index contributed by atoms with van der Waals surface area (Å²) >= 11 is 0. The fourth-order valence-corrected chi connectivity index (χ4v) is 5.34. The van der Waals surface area contributed by atoms with Crippen LogP contribution in [0.25, 0.3) is 0 Å². The number of benzene rings is 2. The number of hydrogen-bond donors (Lipinski definition) is 0. The molecule has 2 heterocycles. The summed E-state index contributed by atoms with van der Waals surface area (Å²) in [5.41, 5.74) is 4.56. The van der Waals surface area contributed by atoms with Crippen LogP contribution in [0.2, 0.25) is 0 Å². The van der Waals surface area contributed by atoms with E-state index in [1.54, 1.807) is 0 Å². The molecule has 28 heavy (non-hydrogen) atoms. The molecule has 3 aliphatic rings. The zero-order valence-corrected chi connectivity index (χ0v) is 16.6. The number of nitrogens with zero attached hydrogens (tertiary/aromatic N) is 2. The van der Waals surface area contributed by atoms with Crippen LogP contribution in [0, 0.1) is 5.92 Å². The second-order valence-corrected chi connectivity index (χ2v) is 8.91. The molecule has 2 fully saturated rings. The Bertz CT molecular complexity index is 835. The van der Waals surface area contributed by atoms with Gasteiger partial charge in [0.2, 0.25) is 5.91 Å². The number of carbonyl (C=O) groups excluding carboxylic acids is 1. The van der Waals surface area contributed by atoms with Gasteiger partial charge in [0.25, 0.3) is 0 Å². The standard InChI is InChI=1S/C25H30N2O/c28-24(21-9-6-10-21)26-17-14-25(15-18-26)19-27(23-12-5-4-11-22(23)25)16-13-20-7-2-1-3-8-20/h1-5,7-8,11-12,21H,6,9-10,13-19H2. The number of anilines is 1. The maximum Gasteiger partial charge on any atom is 0.225 e. The summed E-state index contributed by atoms with van der Waals surface area (Å²) in [5.74, 6) is 0.751. The van der Waals surface area contributed by atoms with Crippen LogP contribution in [-0.2, 0) is 16.6 Å². The average Bonchev–Trinajstić information content (AvgIpc) is 3.00. The van der Waals surface area contributed by atoms with Gasteiger partial charge in [-0.05, 0) is 49.3 Å². The van der Waals surface area contributed by atoms with Crippen LogP contribution in [0.4, 0.5) is 5.69 Å². The SMILES string of the molecule is O=C(C1CCC1)N1CCC2(CC1)CN(CCc1ccccc1)c1ccccc12. The summed E-state index contributed by atoms with van der Waals surface area (Å²) in [6.45, 7) is 4.02. The zero-order chi connectivity index (χ0) is 19.0. The molecule has 1 amide bonds. The molecule has 3 heteroatoms. The van der Waals surface area contributed by atoms with Crippen molar-refractivity contribution in [2.24, 2.45) is 5.92 Å². The Balaban J connectivity index is 1.30. The minimum Gasteiger partial charge on any atom is -0.370 e. The highest BCUT2D eigenvalue weighted by molar-refractivity contribution is 5.79. The second kappa shape index (κ2) is 7.27. The predicted octanol–water partition coefficient (Wildman–Crippen LogP) is 4.41. The Labute approximate surface area is 168 Å². The first-order chi connectivity index (χ1) is 13.8. The number of rotatable bonds is 4. The predicted molar refractivity (Wildman–Crippen MR) is 114 cm³/mol. The van der Waals surface area contributed by atoms with Gasteiger partial charge in [-0.15, -0.1) is 0 Å². The molecule has 0 aromatic heterocycles. The third-order valence-corrected chi connectivity index (χ3v) is 7.31. The summed E-state index contributed by atoms with van der Waals surface area (Å²) in [6, 6.07) is 19.8. The molecule has 0 unspecified atom stereocenters. The normalized spacial score (nSPS) is 20.9. The molecule has 3 nitrogen and oxygen atoms in total. The summed E-state index contributed by atoms with van der Waals surface area (Å²) < 4.78 is 0. The summed E-state index contributed by atoms with van der Waals surface area (Å²) in [7, 11) is 0. The number of piperidine rings is 1. The van der Waals surface area contributed by atoms with Crippen LogP contribution in [0.5, 0.6) is 0 Å². The molecule has 0 N–H and O–H groups in total. The highest BCUT2D eigenvalue weighted by Crippen LogP contribution is 2.47. The van der Waals surface area contributed by atoms with Crippen molar-refractivity contribution in [1.82, 2.24) is 4.90 Å². The van der Waals surface area contributed by atoms with E-state index < -0.39 is 0 Å². The fourth-order valence-electron chi connectivity index (χ4n) is 5.34. The van der Waals surface area contributed by atoms with E-state index in [1.807, 2.05) is 0 Å². The van der Waals surface area contributed by atoms with E-state index in [9.17, 15) is 4.79 Å². The van der Waals surface area contributed by atoms with Crippen molar-refractivity contribution < 1.29 is 4.79 Å². The first kappa shape index (κ1) is 17.8. The first-order valence-corrected chi connectivity index (χ1v) is 10.9. The molecular weight excluding hydrogens is 344 g/mol. The lowest BCUT2D eigenvalue weighted by molar-refractivity contribution is -0.139. The largest absolute Gasteiger partial charge is 0.370 e. The van der Waals surface area contributed by atoms with Gasteiger partial charge in [0.1, 0.15) is 0 Å². The van der Waals surface area contributed by atoms with Crippen molar-refractivity contribution in [2.75, 3.05) is 31.1 Å². The molecule has 0 bridgehead atoms. The van der Waals surface area contributed by atoms with Crippen molar-refractivity contribution in [1.29, 1.82) is 0 Å². The Morgan fingerprint density at radius 2 is 1.68 bits per heavy atom. The molecule has 1 saturated heterocycles. The van der Waals surface area contributed by atoms with E-state index >= 15 is 0 Å². The van der Waals surface area contributed by atoms with Gasteiger partial charge in [-0.25, -0.2) is 0 Å². The van der Waals surface area contributed by atoms with Gasteiger partial charge in [-0.2, -0.15) is 0 Å². The molecular formula is C25H30N2O. The van der Waals surface area contributed by atoms with Crippen molar-refractivity contribution in [3.63, 3.8) is 0 Å². The van der Waals surface area contributed by atoms with Crippen LogP contribution in [0.1, 0.15) is 43.2 Å². The third-order valence-electron chi connectivity index (χ3n) is 7.31. The zero-order valence-electron chi connectivity index (χ0n) is 16.6. The fraction of sp³-hybridized carbons (Fsp3) is 0.480. The molecule has 2 aromatic carbocycles. The summed E-state index contributed by atoms with van der Waals surface area (Å²) in [4.78, 5) is 17.4. The number of para-hydroxylation sites is 1. The molecule has 1 spiro atoms. The van der Waals surface area contributed by atoms with Crippen molar-refractivity contribution in [3.8, 4) is 0 Å². The number of likely N-dealkylation sites (tertiary alicyclic amines) is 1. The minimum absolute atomic E-state index is 0.226.